The molecule has 2 aromatic rings. The molecule has 0 aromatic heterocycles. The van der Waals surface area contributed by atoms with E-state index >= 15 is 0 Å². The molecule has 0 atom stereocenters. The molecule has 122 valence electrons. The van der Waals surface area contributed by atoms with E-state index in [1.807, 2.05) is 0 Å². The van der Waals surface area contributed by atoms with Crippen molar-refractivity contribution < 1.29 is 13.6 Å². The van der Waals surface area contributed by atoms with Gasteiger partial charge in [0.05, 0.1) is 0 Å². The summed E-state index contributed by atoms with van der Waals surface area (Å²) in [6, 6.07) is 12.7. The van der Waals surface area contributed by atoms with Gasteiger partial charge in [-0.2, -0.15) is 0 Å². The first-order chi connectivity index (χ1) is 11.1. The SMILES string of the molecule is O=C(CCNCCc1ccccc1F)NCc1ccc(F)cc1. The number of hydrogen-bond donors (Lipinski definition) is 2. The molecule has 2 aromatic carbocycles. The number of nitrogens with one attached hydrogen (secondary N) is 2. The van der Waals surface area contributed by atoms with Gasteiger partial charge in [0.25, 0.3) is 0 Å². The van der Waals surface area contributed by atoms with Gasteiger partial charge in [0.2, 0.25) is 5.91 Å². The highest BCUT2D eigenvalue weighted by atomic mass is 19.1. The number of rotatable bonds is 8. The average Bonchev–Trinajstić information content (AvgIpc) is 2.55. The Bertz CT molecular complexity index is 629. The van der Waals surface area contributed by atoms with Crippen LogP contribution in [0.15, 0.2) is 48.5 Å². The Hall–Kier alpha value is -2.27. The van der Waals surface area contributed by atoms with Crippen LogP contribution in [0.2, 0.25) is 0 Å². The second-order valence-corrected chi connectivity index (χ2v) is 5.24. The van der Waals surface area contributed by atoms with Crippen molar-refractivity contribution in [2.45, 2.75) is 19.4 Å². The van der Waals surface area contributed by atoms with E-state index in [0.717, 1.165) is 5.56 Å². The van der Waals surface area contributed by atoms with Crippen LogP contribution >= 0.6 is 0 Å². The zero-order valence-corrected chi connectivity index (χ0v) is 12.8. The van der Waals surface area contributed by atoms with Crippen molar-refractivity contribution in [2.24, 2.45) is 0 Å². The number of carbonyl (C=O) groups is 1. The highest BCUT2D eigenvalue weighted by Gasteiger charge is 2.03. The summed E-state index contributed by atoms with van der Waals surface area (Å²) in [6.45, 7) is 1.53. The topological polar surface area (TPSA) is 41.1 Å². The largest absolute Gasteiger partial charge is 0.352 e. The normalized spacial score (nSPS) is 10.5. The van der Waals surface area contributed by atoms with Crippen LogP contribution in [0.4, 0.5) is 8.78 Å². The van der Waals surface area contributed by atoms with Crippen LogP contribution in [-0.4, -0.2) is 19.0 Å². The Labute approximate surface area is 134 Å². The molecule has 5 heteroatoms. The Morgan fingerprint density at radius 3 is 2.43 bits per heavy atom. The van der Waals surface area contributed by atoms with Gasteiger partial charge in [-0.3, -0.25) is 4.79 Å². The smallest absolute Gasteiger partial charge is 0.221 e. The fourth-order valence-electron chi connectivity index (χ4n) is 2.14. The quantitative estimate of drug-likeness (QED) is 0.735. The fraction of sp³-hybridized carbons (Fsp3) is 0.278. The van der Waals surface area contributed by atoms with Gasteiger partial charge in [-0.15, -0.1) is 0 Å². The highest BCUT2D eigenvalue weighted by molar-refractivity contribution is 5.76. The van der Waals surface area contributed by atoms with E-state index in [0.29, 0.717) is 38.0 Å². The molecule has 23 heavy (non-hydrogen) atoms. The minimum Gasteiger partial charge on any atom is -0.352 e. The molecule has 0 saturated carbocycles. The predicted molar refractivity (Wildman–Crippen MR) is 85.8 cm³/mol. The third kappa shape index (κ3) is 6.16. The Kier molecular flexibility index (Phi) is 6.69. The first-order valence-corrected chi connectivity index (χ1v) is 7.60. The van der Waals surface area contributed by atoms with Crippen LogP contribution in [0.5, 0.6) is 0 Å². The molecule has 0 aliphatic heterocycles. The van der Waals surface area contributed by atoms with E-state index < -0.39 is 0 Å². The van der Waals surface area contributed by atoms with Crippen molar-refractivity contribution in [1.82, 2.24) is 10.6 Å². The lowest BCUT2D eigenvalue weighted by atomic mass is 10.1. The first kappa shape index (κ1) is 17.1. The van der Waals surface area contributed by atoms with Crippen molar-refractivity contribution in [3.8, 4) is 0 Å². The maximum Gasteiger partial charge on any atom is 0.221 e. The number of carbonyl (C=O) groups excluding carboxylic acids is 1. The molecular formula is C18H20F2N2O. The molecule has 3 nitrogen and oxygen atoms in total. The monoisotopic (exact) mass is 318 g/mol. The van der Waals surface area contributed by atoms with Gasteiger partial charge in [0, 0.05) is 19.5 Å². The lowest BCUT2D eigenvalue weighted by Gasteiger charge is -2.07. The van der Waals surface area contributed by atoms with Crippen LogP contribution in [0.3, 0.4) is 0 Å². The van der Waals surface area contributed by atoms with Crippen molar-refractivity contribution in [3.63, 3.8) is 0 Å². The second kappa shape index (κ2) is 9.00. The van der Waals surface area contributed by atoms with Crippen LogP contribution in [0.25, 0.3) is 0 Å². The van der Waals surface area contributed by atoms with Gasteiger partial charge >= 0.3 is 0 Å². The number of amides is 1. The van der Waals surface area contributed by atoms with E-state index in [2.05, 4.69) is 10.6 Å². The number of benzene rings is 2. The minimum absolute atomic E-state index is 0.0762. The predicted octanol–water partition coefficient (Wildman–Crippen LogP) is 2.80. The molecule has 0 aliphatic carbocycles. The van der Waals surface area contributed by atoms with Gasteiger partial charge in [0.1, 0.15) is 11.6 Å². The zero-order valence-electron chi connectivity index (χ0n) is 12.8. The molecule has 2 N–H and O–H groups in total. The lowest BCUT2D eigenvalue weighted by Crippen LogP contribution is -2.28. The van der Waals surface area contributed by atoms with Crippen LogP contribution in [0, 0.1) is 11.6 Å². The molecule has 0 aliphatic rings. The molecule has 0 radical (unpaired) electrons. The van der Waals surface area contributed by atoms with Gasteiger partial charge < -0.3 is 10.6 Å². The molecule has 0 heterocycles. The summed E-state index contributed by atoms with van der Waals surface area (Å²) in [5.41, 5.74) is 1.52. The zero-order chi connectivity index (χ0) is 16.5. The van der Waals surface area contributed by atoms with E-state index in [1.54, 1.807) is 30.3 Å². The molecular weight excluding hydrogens is 298 g/mol. The summed E-state index contributed by atoms with van der Waals surface area (Å²) in [5, 5.41) is 5.90. The fourth-order valence-corrected chi connectivity index (χ4v) is 2.14. The van der Waals surface area contributed by atoms with E-state index in [-0.39, 0.29) is 17.5 Å². The number of hydrogen-bond acceptors (Lipinski definition) is 2. The van der Waals surface area contributed by atoms with Gasteiger partial charge in [-0.25, -0.2) is 8.78 Å². The molecule has 0 bridgehead atoms. The second-order valence-electron chi connectivity index (χ2n) is 5.24. The van der Waals surface area contributed by atoms with Gasteiger partial charge in [-0.1, -0.05) is 30.3 Å². The Morgan fingerprint density at radius 1 is 0.957 bits per heavy atom. The molecule has 0 saturated heterocycles. The van der Waals surface area contributed by atoms with Gasteiger partial charge in [0.15, 0.2) is 0 Å². The minimum atomic E-state index is -0.292. The summed E-state index contributed by atoms with van der Waals surface area (Å²) >= 11 is 0. The third-order valence-corrected chi connectivity index (χ3v) is 3.46. The summed E-state index contributed by atoms with van der Waals surface area (Å²) < 4.78 is 26.2. The molecule has 0 fully saturated rings. The van der Waals surface area contributed by atoms with Crippen molar-refractivity contribution in [3.05, 3.63) is 71.3 Å². The summed E-state index contributed by atoms with van der Waals surface area (Å²) in [5.74, 6) is -0.571. The van der Waals surface area contributed by atoms with Crippen molar-refractivity contribution in [2.75, 3.05) is 13.1 Å². The van der Waals surface area contributed by atoms with Crippen LogP contribution in [-0.2, 0) is 17.8 Å². The first-order valence-electron chi connectivity index (χ1n) is 7.60. The highest BCUT2D eigenvalue weighted by Crippen LogP contribution is 2.06. The van der Waals surface area contributed by atoms with Crippen LogP contribution < -0.4 is 10.6 Å². The maximum atomic E-state index is 13.4. The average molecular weight is 318 g/mol. The lowest BCUT2D eigenvalue weighted by molar-refractivity contribution is -0.121. The number of halogens is 2. The van der Waals surface area contributed by atoms with Crippen molar-refractivity contribution in [1.29, 1.82) is 0 Å². The standard InChI is InChI=1S/C18H20F2N2O/c19-16-7-5-14(6-8-16)13-22-18(23)10-12-21-11-9-15-3-1-2-4-17(15)20/h1-8,21H,9-13H2,(H,22,23). The summed E-state index contributed by atoms with van der Waals surface area (Å²) in [7, 11) is 0. The summed E-state index contributed by atoms with van der Waals surface area (Å²) in [6.07, 6.45) is 0.933. The van der Waals surface area contributed by atoms with Gasteiger partial charge in [-0.05, 0) is 42.3 Å². The molecule has 1 amide bonds. The van der Waals surface area contributed by atoms with Crippen molar-refractivity contribution >= 4 is 5.91 Å². The van der Waals surface area contributed by atoms with E-state index in [9.17, 15) is 13.6 Å². The Balaban J connectivity index is 1.58. The van der Waals surface area contributed by atoms with E-state index in [1.165, 1.54) is 18.2 Å². The summed E-state index contributed by atoms with van der Waals surface area (Å²) in [4.78, 5) is 11.7. The van der Waals surface area contributed by atoms with Crippen LogP contribution in [0.1, 0.15) is 17.5 Å². The molecule has 0 spiro atoms. The third-order valence-electron chi connectivity index (χ3n) is 3.46. The van der Waals surface area contributed by atoms with E-state index in [4.69, 9.17) is 0 Å². The maximum absolute atomic E-state index is 13.4. The molecule has 2 rings (SSSR count). The molecule has 0 unspecified atom stereocenters. The Morgan fingerprint density at radius 2 is 1.70 bits per heavy atom.